The van der Waals surface area contributed by atoms with Gasteiger partial charge in [-0.2, -0.15) is 4.39 Å². The number of nitrogens with zero attached hydrogens (tertiary/aromatic N) is 1. The molecule has 1 saturated heterocycles. The minimum atomic E-state index is -1.69. The molecule has 10 nitrogen and oxygen atoms in total. The average molecular weight is 621 g/mol. The predicted octanol–water partition coefficient (Wildman–Crippen LogP) is 2.90. The van der Waals surface area contributed by atoms with Crippen LogP contribution in [-0.2, 0) is 40.5 Å². The lowest BCUT2D eigenvalue weighted by molar-refractivity contribution is -0.145. The number of carbonyl (C=O) groups is 5. The second kappa shape index (κ2) is 14.5. The van der Waals surface area contributed by atoms with Crippen molar-refractivity contribution in [2.45, 2.75) is 52.0 Å². The fraction of sp³-hybridized carbons (Fsp3) is 0.452. The van der Waals surface area contributed by atoms with Crippen LogP contribution < -0.4 is 10.1 Å². The summed E-state index contributed by atoms with van der Waals surface area (Å²) in [5, 5.41) is 11.6. The van der Waals surface area contributed by atoms with E-state index in [1.54, 1.807) is 12.1 Å². The van der Waals surface area contributed by atoms with Crippen molar-refractivity contribution in [3.8, 4) is 5.75 Å². The number of halogens is 3. The summed E-state index contributed by atoms with van der Waals surface area (Å²) in [5.74, 6) is -11.5. The largest absolute Gasteiger partial charge is 0.481 e. The Hall–Kier alpha value is -4.26. The average Bonchev–Trinajstić information content (AvgIpc) is 3.21. The van der Waals surface area contributed by atoms with Crippen LogP contribution in [-0.4, -0.2) is 78.3 Å². The first-order chi connectivity index (χ1) is 20.6. The first-order valence-corrected chi connectivity index (χ1v) is 13.9. The van der Waals surface area contributed by atoms with Gasteiger partial charge in [-0.3, -0.25) is 24.0 Å². The molecule has 1 heterocycles. The monoisotopic (exact) mass is 620 g/mol. The van der Waals surface area contributed by atoms with Crippen LogP contribution in [0.25, 0.3) is 0 Å². The molecule has 1 aliphatic heterocycles. The quantitative estimate of drug-likeness (QED) is 0.289. The van der Waals surface area contributed by atoms with Crippen LogP contribution in [0, 0.1) is 30.3 Å². The molecule has 0 saturated carbocycles. The molecular formula is C31H35F3N2O8. The molecule has 1 fully saturated rings. The third-order valence-corrected chi connectivity index (χ3v) is 7.08. The Morgan fingerprint density at radius 2 is 1.80 bits per heavy atom. The van der Waals surface area contributed by atoms with Crippen molar-refractivity contribution < 1.29 is 51.7 Å². The van der Waals surface area contributed by atoms with Gasteiger partial charge in [-0.1, -0.05) is 45.0 Å². The molecule has 0 unspecified atom stereocenters. The number of aryl methyl sites for hydroxylation is 1. The number of benzene rings is 2. The standard InChI is InChI=1S/C31H35F3N2O8/c1-17-11-21(32)27(34)28(26(17)33)44-16-24(38)22(13-25(39)40)35-29(41)19-14-36(9-10-43-15-19)30(42)23(37)12-18-7-5-6-8-20(18)31(2,3)4/h5-8,11,19,22H,9-10,12-16H2,1-4H3,(H,35,41)(H,39,40)/t19-,22-/m0/s1. The molecule has 2 atom stereocenters. The molecule has 0 aromatic heterocycles. The summed E-state index contributed by atoms with van der Waals surface area (Å²) in [7, 11) is 0. The van der Waals surface area contributed by atoms with E-state index in [0.29, 0.717) is 11.6 Å². The Labute approximate surface area is 252 Å². The number of ether oxygens (including phenoxy) is 2. The Kier molecular flexibility index (Phi) is 11.3. The summed E-state index contributed by atoms with van der Waals surface area (Å²) in [6.45, 7) is 5.64. The number of carbonyl (C=O) groups excluding carboxylic acids is 4. The van der Waals surface area contributed by atoms with E-state index in [4.69, 9.17) is 9.47 Å². The molecule has 1 aliphatic rings. The van der Waals surface area contributed by atoms with Gasteiger partial charge in [0.15, 0.2) is 23.2 Å². The first kappa shape index (κ1) is 34.2. The minimum absolute atomic E-state index is 0.0186. The molecule has 13 heteroatoms. The highest BCUT2D eigenvalue weighted by Gasteiger charge is 2.34. The minimum Gasteiger partial charge on any atom is -0.481 e. The fourth-order valence-electron chi connectivity index (χ4n) is 4.77. The Morgan fingerprint density at radius 1 is 1.11 bits per heavy atom. The molecule has 0 aliphatic carbocycles. The first-order valence-electron chi connectivity index (χ1n) is 13.9. The fourth-order valence-corrected chi connectivity index (χ4v) is 4.77. The van der Waals surface area contributed by atoms with Gasteiger partial charge in [-0.15, -0.1) is 0 Å². The maximum absolute atomic E-state index is 14.3. The van der Waals surface area contributed by atoms with E-state index in [2.05, 4.69) is 5.32 Å². The van der Waals surface area contributed by atoms with Crippen LogP contribution in [0.4, 0.5) is 13.2 Å². The van der Waals surface area contributed by atoms with Crippen LogP contribution in [0.2, 0.25) is 0 Å². The lowest BCUT2D eigenvalue weighted by Gasteiger charge is -2.25. The second-order valence-electron chi connectivity index (χ2n) is 11.6. The van der Waals surface area contributed by atoms with E-state index in [0.717, 1.165) is 12.5 Å². The van der Waals surface area contributed by atoms with Crippen LogP contribution in [0.1, 0.15) is 43.9 Å². The van der Waals surface area contributed by atoms with Crippen molar-refractivity contribution in [2.75, 3.05) is 32.9 Å². The van der Waals surface area contributed by atoms with E-state index < -0.39 is 77.5 Å². The number of amides is 2. The van der Waals surface area contributed by atoms with Crippen LogP contribution >= 0.6 is 0 Å². The summed E-state index contributed by atoms with van der Waals surface area (Å²) in [5.41, 5.74) is 1.05. The van der Waals surface area contributed by atoms with E-state index in [9.17, 15) is 42.3 Å². The highest BCUT2D eigenvalue weighted by Crippen LogP contribution is 2.28. The van der Waals surface area contributed by atoms with Crippen molar-refractivity contribution in [3.63, 3.8) is 0 Å². The Bertz CT molecular complexity index is 1410. The molecule has 3 rings (SSSR count). The zero-order valence-electron chi connectivity index (χ0n) is 24.9. The molecule has 2 aromatic carbocycles. The van der Waals surface area contributed by atoms with Gasteiger partial charge in [0.05, 0.1) is 25.6 Å². The zero-order valence-corrected chi connectivity index (χ0v) is 24.9. The molecule has 0 bridgehead atoms. The normalized spacial score (nSPS) is 16.1. The Balaban J connectivity index is 1.69. The van der Waals surface area contributed by atoms with Gasteiger partial charge in [0, 0.05) is 19.5 Å². The SMILES string of the molecule is Cc1cc(F)c(F)c(OCC(=O)[C@H](CC(=O)O)NC(=O)[C@@H]2COCCN(C(=O)C(=O)Cc3ccccc3C(C)(C)C)C2)c1F. The highest BCUT2D eigenvalue weighted by atomic mass is 19.2. The molecule has 238 valence electrons. The van der Waals surface area contributed by atoms with Gasteiger partial charge >= 0.3 is 5.97 Å². The van der Waals surface area contributed by atoms with Crippen LogP contribution in [0.15, 0.2) is 30.3 Å². The van der Waals surface area contributed by atoms with E-state index in [-0.39, 0.29) is 43.7 Å². The molecule has 2 amide bonds. The molecule has 44 heavy (non-hydrogen) atoms. The smallest absolute Gasteiger partial charge is 0.305 e. The van der Waals surface area contributed by atoms with E-state index in [1.807, 2.05) is 32.9 Å². The summed E-state index contributed by atoms with van der Waals surface area (Å²) >= 11 is 0. The number of rotatable bonds is 11. The van der Waals surface area contributed by atoms with Crippen molar-refractivity contribution in [1.82, 2.24) is 10.2 Å². The summed E-state index contributed by atoms with van der Waals surface area (Å²) in [6.07, 6.45) is -1.05. The maximum atomic E-state index is 14.3. The number of ketones is 2. The van der Waals surface area contributed by atoms with Gasteiger partial charge in [-0.25, -0.2) is 8.78 Å². The zero-order chi connectivity index (χ0) is 32.8. The second-order valence-corrected chi connectivity index (χ2v) is 11.6. The molecular weight excluding hydrogens is 585 g/mol. The third-order valence-electron chi connectivity index (χ3n) is 7.08. The van der Waals surface area contributed by atoms with Gasteiger partial charge in [0.25, 0.3) is 5.91 Å². The van der Waals surface area contributed by atoms with Crippen molar-refractivity contribution in [1.29, 1.82) is 0 Å². The number of carboxylic acids is 1. The van der Waals surface area contributed by atoms with Gasteiger partial charge in [0.2, 0.25) is 17.5 Å². The van der Waals surface area contributed by atoms with Crippen LogP contribution in [0.3, 0.4) is 0 Å². The number of carboxylic acid groups (broad SMARTS) is 1. The number of nitrogens with one attached hydrogen (secondary N) is 1. The van der Waals surface area contributed by atoms with Gasteiger partial charge in [-0.05, 0) is 35.1 Å². The van der Waals surface area contributed by atoms with E-state index in [1.165, 1.54) is 4.90 Å². The molecule has 0 radical (unpaired) electrons. The summed E-state index contributed by atoms with van der Waals surface area (Å²) in [6, 6.07) is 6.19. The van der Waals surface area contributed by atoms with Crippen molar-refractivity contribution in [2.24, 2.45) is 5.92 Å². The molecule has 0 spiro atoms. The predicted molar refractivity (Wildman–Crippen MR) is 150 cm³/mol. The molecule has 2 aromatic rings. The third kappa shape index (κ3) is 8.65. The van der Waals surface area contributed by atoms with Crippen molar-refractivity contribution in [3.05, 3.63) is 64.5 Å². The van der Waals surface area contributed by atoms with Gasteiger partial charge < -0.3 is 24.8 Å². The van der Waals surface area contributed by atoms with E-state index >= 15 is 0 Å². The summed E-state index contributed by atoms with van der Waals surface area (Å²) < 4.78 is 52.3. The van der Waals surface area contributed by atoms with Crippen LogP contribution in [0.5, 0.6) is 5.75 Å². The summed E-state index contributed by atoms with van der Waals surface area (Å²) in [4.78, 5) is 64.7. The highest BCUT2D eigenvalue weighted by molar-refractivity contribution is 6.36. The number of hydrogen-bond donors (Lipinski definition) is 2. The lowest BCUT2D eigenvalue weighted by Crippen LogP contribution is -2.50. The maximum Gasteiger partial charge on any atom is 0.305 e. The van der Waals surface area contributed by atoms with Crippen molar-refractivity contribution >= 4 is 29.4 Å². The lowest BCUT2D eigenvalue weighted by atomic mass is 9.82. The topological polar surface area (TPSA) is 139 Å². The number of Topliss-reactive ketones (excluding diaryl/α,β-unsaturated/α-hetero) is 2. The number of hydrogen-bond acceptors (Lipinski definition) is 7. The van der Waals surface area contributed by atoms with Gasteiger partial charge in [0.1, 0.15) is 12.6 Å². The molecule has 2 N–H and O–H groups in total. The number of aliphatic carboxylic acids is 1. The Morgan fingerprint density at radius 3 is 2.45 bits per heavy atom.